The Morgan fingerprint density at radius 3 is 2.94 bits per heavy atom. The zero-order valence-electron chi connectivity index (χ0n) is 10.5. The van der Waals surface area contributed by atoms with Crippen LogP contribution in [-0.2, 0) is 17.9 Å². The molecule has 0 aliphatic carbocycles. The van der Waals surface area contributed by atoms with Crippen molar-refractivity contribution in [3.8, 4) is 0 Å². The van der Waals surface area contributed by atoms with Crippen molar-refractivity contribution in [1.82, 2.24) is 10.6 Å². The number of hydrogen-bond acceptors (Lipinski definition) is 3. The van der Waals surface area contributed by atoms with E-state index >= 15 is 0 Å². The van der Waals surface area contributed by atoms with Crippen LogP contribution in [0.15, 0.2) is 24.3 Å². The molecular formula is C14H20N2O2. The average Bonchev–Trinajstić information content (AvgIpc) is 2.46. The first kappa shape index (κ1) is 13.1. The number of aliphatic hydroxyl groups is 1. The second kappa shape index (κ2) is 6.52. The third kappa shape index (κ3) is 3.55. The van der Waals surface area contributed by atoms with Crippen LogP contribution in [-0.4, -0.2) is 23.6 Å². The maximum Gasteiger partial charge on any atom is 0.237 e. The van der Waals surface area contributed by atoms with Gasteiger partial charge in [0.1, 0.15) is 0 Å². The molecule has 1 aliphatic heterocycles. The number of benzene rings is 1. The van der Waals surface area contributed by atoms with Gasteiger partial charge in [0.15, 0.2) is 0 Å². The molecule has 1 unspecified atom stereocenters. The van der Waals surface area contributed by atoms with Gasteiger partial charge in [0.05, 0.1) is 12.6 Å². The summed E-state index contributed by atoms with van der Waals surface area (Å²) in [5.41, 5.74) is 1.89. The predicted molar refractivity (Wildman–Crippen MR) is 69.9 cm³/mol. The van der Waals surface area contributed by atoms with Crippen LogP contribution >= 0.6 is 0 Å². The van der Waals surface area contributed by atoms with Crippen LogP contribution in [0.1, 0.15) is 30.4 Å². The summed E-state index contributed by atoms with van der Waals surface area (Å²) in [6.07, 6.45) is 3.19. The highest BCUT2D eigenvalue weighted by Crippen LogP contribution is 2.08. The molecule has 0 radical (unpaired) electrons. The number of nitrogens with one attached hydrogen (secondary N) is 2. The molecule has 2 rings (SSSR count). The summed E-state index contributed by atoms with van der Waals surface area (Å²) < 4.78 is 0. The Morgan fingerprint density at radius 2 is 2.22 bits per heavy atom. The number of hydrogen-bond donors (Lipinski definition) is 3. The molecule has 0 bridgehead atoms. The van der Waals surface area contributed by atoms with E-state index in [-0.39, 0.29) is 18.6 Å². The number of piperidine rings is 1. The van der Waals surface area contributed by atoms with Crippen molar-refractivity contribution >= 4 is 5.91 Å². The van der Waals surface area contributed by atoms with Gasteiger partial charge in [0.2, 0.25) is 5.91 Å². The lowest BCUT2D eigenvalue weighted by Gasteiger charge is -2.22. The van der Waals surface area contributed by atoms with Gasteiger partial charge in [-0.3, -0.25) is 4.79 Å². The maximum absolute atomic E-state index is 11.9. The number of aliphatic hydroxyl groups excluding tert-OH is 1. The van der Waals surface area contributed by atoms with Gasteiger partial charge in [-0.2, -0.15) is 0 Å². The zero-order chi connectivity index (χ0) is 12.8. The molecule has 1 aromatic carbocycles. The Bertz CT molecular complexity index is 401. The normalized spacial score (nSPS) is 19.5. The molecule has 1 fully saturated rings. The smallest absolute Gasteiger partial charge is 0.237 e. The highest BCUT2D eigenvalue weighted by molar-refractivity contribution is 5.81. The van der Waals surface area contributed by atoms with Crippen LogP contribution in [0.4, 0.5) is 0 Å². The van der Waals surface area contributed by atoms with Gasteiger partial charge < -0.3 is 15.7 Å². The third-order valence-corrected chi connectivity index (χ3v) is 3.27. The summed E-state index contributed by atoms with van der Waals surface area (Å²) >= 11 is 0. The quantitative estimate of drug-likeness (QED) is 0.743. The van der Waals surface area contributed by atoms with Crippen molar-refractivity contribution in [3.63, 3.8) is 0 Å². The number of carbonyl (C=O) groups excluding carboxylic acids is 1. The summed E-state index contributed by atoms with van der Waals surface area (Å²) in [7, 11) is 0. The second-order valence-corrected chi connectivity index (χ2v) is 4.70. The fourth-order valence-electron chi connectivity index (χ4n) is 2.23. The van der Waals surface area contributed by atoms with E-state index < -0.39 is 0 Å². The lowest BCUT2D eigenvalue weighted by molar-refractivity contribution is -0.123. The van der Waals surface area contributed by atoms with Crippen molar-refractivity contribution in [3.05, 3.63) is 35.4 Å². The minimum Gasteiger partial charge on any atom is -0.392 e. The van der Waals surface area contributed by atoms with E-state index in [0.29, 0.717) is 6.54 Å². The van der Waals surface area contributed by atoms with Crippen LogP contribution in [0.25, 0.3) is 0 Å². The second-order valence-electron chi connectivity index (χ2n) is 4.70. The summed E-state index contributed by atoms with van der Waals surface area (Å²) in [4.78, 5) is 11.9. The summed E-state index contributed by atoms with van der Waals surface area (Å²) in [5, 5.41) is 15.2. The van der Waals surface area contributed by atoms with E-state index in [1.807, 2.05) is 24.3 Å². The predicted octanol–water partition coefficient (Wildman–Crippen LogP) is 0.937. The molecule has 4 nitrogen and oxygen atoms in total. The van der Waals surface area contributed by atoms with E-state index in [9.17, 15) is 4.79 Å². The van der Waals surface area contributed by atoms with Crippen LogP contribution < -0.4 is 10.6 Å². The molecule has 0 aromatic heterocycles. The van der Waals surface area contributed by atoms with Crippen molar-refractivity contribution < 1.29 is 9.90 Å². The van der Waals surface area contributed by atoms with Gasteiger partial charge in [-0.05, 0) is 30.5 Å². The maximum atomic E-state index is 11.9. The van der Waals surface area contributed by atoms with Gasteiger partial charge in [0.25, 0.3) is 0 Å². The molecular weight excluding hydrogens is 228 g/mol. The van der Waals surface area contributed by atoms with Gasteiger partial charge >= 0.3 is 0 Å². The molecule has 18 heavy (non-hydrogen) atoms. The van der Waals surface area contributed by atoms with Gasteiger partial charge in [0, 0.05) is 6.54 Å². The van der Waals surface area contributed by atoms with E-state index in [0.717, 1.165) is 36.9 Å². The number of amides is 1. The van der Waals surface area contributed by atoms with E-state index in [2.05, 4.69) is 10.6 Å². The zero-order valence-corrected chi connectivity index (χ0v) is 10.5. The average molecular weight is 248 g/mol. The summed E-state index contributed by atoms with van der Waals surface area (Å²) in [5.74, 6) is 0.0732. The largest absolute Gasteiger partial charge is 0.392 e. The molecule has 1 aliphatic rings. The molecule has 1 atom stereocenters. The third-order valence-electron chi connectivity index (χ3n) is 3.27. The molecule has 1 heterocycles. The van der Waals surface area contributed by atoms with Gasteiger partial charge in [-0.15, -0.1) is 0 Å². The topological polar surface area (TPSA) is 61.4 Å². The molecule has 1 aromatic rings. The van der Waals surface area contributed by atoms with E-state index in [1.165, 1.54) is 0 Å². The SMILES string of the molecule is O=C(NCc1cccc(CO)c1)C1CCCCN1. The van der Waals surface area contributed by atoms with Gasteiger partial charge in [-0.1, -0.05) is 30.7 Å². The fourth-order valence-corrected chi connectivity index (χ4v) is 2.23. The molecule has 4 heteroatoms. The number of rotatable bonds is 4. The first-order valence-electron chi connectivity index (χ1n) is 6.49. The lowest BCUT2D eigenvalue weighted by Crippen LogP contribution is -2.46. The van der Waals surface area contributed by atoms with Crippen LogP contribution in [0, 0.1) is 0 Å². The van der Waals surface area contributed by atoms with Crippen LogP contribution in [0.5, 0.6) is 0 Å². The van der Waals surface area contributed by atoms with Crippen molar-refractivity contribution in [2.24, 2.45) is 0 Å². The van der Waals surface area contributed by atoms with Crippen molar-refractivity contribution in [2.75, 3.05) is 6.54 Å². The minimum absolute atomic E-state index is 0.0337. The molecule has 0 spiro atoms. The van der Waals surface area contributed by atoms with E-state index in [4.69, 9.17) is 5.11 Å². The fraction of sp³-hybridized carbons (Fsp3) is 0.500. The Labute approximate surface area is 107 Å². The Balaban J connectivity index is 1.84. The molecule has 1 saturated heterocycles. The highest BCUT2D eigenvalue weighted by Gasteiger charge is 2.19. The minimum atomic E-state index is -0.0419. The highest BCUT2D eigenvalue weighted by atomic mass is 16.3. The number of carbonyl (C=O) groups is 1. The monoisotopic (exact) mass is 248 g/mol. The van der Waals surface area contributed by atoms with E-state index in [1.54, 1.807) is 0 Å². The Hall–Kier alpha value is -1.39. The first-order valence-corrected chi connectivity index (χ1v) is 6.49. The first-order chi connectivity index (χ1) is 8.79. The standard InChI is InChI=1S/C14H20N2O2/c17-10-12-5-3-4-11(8-12)9-16-14(18)13-6-1-2-7-15-13/h3-5,8,13,15,17H,1-2,6-7,9-10H2,(H,16,18). The molecule has 98 valence electrons. The Morgan fingerprint density at radius 1 is 1.39 bits per heavy atom. The molecule has 0 saturated carbocycles. The summed E-state index contributed by atoms with van der Waals surface area (Å²) in [6, 6.07) is 7.59. The van der Waals surface area contributed by atoms with Crippen molar-refractivity contribution in [1.29, 1.82) is 0 Å². The van der Waals surface area contributed by atoms with Crippen molar-refractivity contribution in [2.45, 2.75) is 38.5 Å². The van der Waals surface area contributed by atoms with Crippen LogP contribution in [0.3, 0.4) is 0 Å². The van der Waals surface area contributed by atoms with Crippen LogP contribution in [0.2, 0.25) is 0 Å². The van der Waals surface area contributed by atoms with Gasteiger partial charge in [-0.25, -0.2) is 0 Å². The molecule has 3 N–H and O–H groups in total. The lowest BCUT2D eigenvalue weighted by atomic mass is 10.0. The molecule has 1 amide bonds. The Kier molecular flexibility index (Phi) is 4.73. The summed E-state index contributed by atoms with van der Waals surface area (Å²) in [6.45, 7) is 1.48.